The third kappa shape index (κ3) is 2.65. The van der Waals surface area contributed by atoms with E-state index in [4.69, 9.17) is 4.74 Å². The SMILES string of the molecule is COc1ccc([N+](=O)[O-])cc1NC(=O)c1cn[nH]n1. The predicted molar refractivity (Wildman–Crippen MR) is 64.0 cm³/mol. The fraction of sp³-hybridized carbons (Fsp3) is 0.100. The average Bonchev–Trinajstić information content (AvgIpc) is 2.92. The number of benzene rings is 1. The van der Waals surface area contributed by atoms with Crippen LogP contribution in [0.15, 0.2) is 24.4 Å². The normalized spacial score (nSPS) is 9.95. The minimum absolute atomic E-state index is 0.0635. The summed E-state index contributed by atoms with van der Waals surface area (Å²) in [5, 5.41) is 22.6. The van der Waals surface area contributed by atoms with Gasteiger partial charge in [-0.15, -0.1) is 0 Å². The second kappa shape index (κ2) is 5.12. The van der Waals surface area contributed by atoms with Crippen LogP contribution in [-0.4, -0.2) is 33.4 Å². The second-order valence-electron chi connectivity index (χ2n) is 3.45. The van der Waals surface area contributed by atoms with Crippen molar-refractivity contribution in [3.8, 4) is 5.75 Å². The summed E-state index contributed by atoms with van der Waals surface area (Å²) in [7, 11) is 1.40. The predicted octanol–water partition coefficient (Wildman–Crippen LogP) is 0.974. The fourth-order valence-electron chi connectivity index (χ4n) is 1.40. The summed E-state index contributed by atoms with van der Waals surface area (Å²) in [6.07, 6.45) is 1.24. The fourth-order valence-corrected chi connectivity index (χ4v) is 1.40. The van der Waals surface area contributed by atoms with Crippen LogP contribution in [-0.2, 0) is 0 Å². The zero-order valence-corrected chi connectivity index (χ0v) is 9.78. The van der Waals surface area contributed by atoms with Crippen LogP contribution in [0.1, 0.15) is 10.5 Å². The highest BCUT2D eigenvalue weighted by Crippen LogP contribution is 2.29. The van der Waals surface area contributed by atoms with Crippen molar-refractivity contribution >= 4 is 17.3 Å². The highest BCUT2D eigenvalue weighted by molar-refractivity contribution is 6.03. The van der Waals surface area contributed by atoms with Crippen LogP contribution in [0.4, 0.5) is 11.4 Å². The van der Waals surface area contributed by atoms with Gasteiger partial charge in [-0.3, -0.25) is 14.9 Å². The van der Waals surface area contributed by atoms with Crippen molar-refractivity contribution in [2.75, 3.05) is 12.4 Å². The molecule has 98 valence electrons. The smallest absolute Gasteiger partial charge is 0.277 e. The second-order valence-corrected chi connectivity index (χ2v) is 3.45. The molecule has 9 nitrogen and oxygen atoms in total. The number of amides is 1. The van der Waals surface area contributed by atoms with Gasteiger partial charge in [0.05, 0.1) is 23.9 Å². The lowest BCUT2D eigenvalue weighted by Crippen LogP contribution is -2.13. The molecule has 0 atom stereocenters. The molecule has 0 radical (unpaired) electrons. The Labute approximate surface area is 106 Å². The van der Waals surface area contributed by atoms with Crippen molar-refractivity contribution in [2.24, 2.45) is 0 Å². The van der Waals surface area contributed by atoms with Crippen molar-refractivity contribution in [1.82, 2.24) is 15.4 Å². The lowest BCUT2D eigenvalue weighted by molar-refractivity contribution is -0.384. The third-order valence-corrected chi connectivity index (χ3v) is 2.29. The molecule has 1 aromatic heterocycles. The number of non-ortho nitro benzene ring substituents is 1. The van der Waals surface area contributed by atoms with E-state index in [1.165, 1.54) is 31.5 Å². The van der Waals surface area contributed by atoms with Gasteiger partial charge < -0.3 is 10.1 Å². The van der Waals surface area contributed by atoms with Crippen molar-refractivity contribution < 1.29 is 14.5 Å². The Hall–Kier alpha value is -2.97. The maximum absolute atomic E-state index is 11.8. The molecule has 0 saturated heterocycles. The maximum Gasteiger partial charge on any atom is 0.277 e. The quantitative estimate of drug-likeness (QED) is 0.625. The van der Waals surface area contributed by atoms with E-state index < -0.39 is 10.8 Å². The van der Waals surface area contributed by atoms with Crippen LogP contribution >= 0.6 is 0 Å². The molecule has 0 saturated carbocycles. The molecule has 0 unspecified atom stereocenters. The Morgan fingerprint density at radius 2 is 2.32 bits per heavy atom. The van der Waals surface area contributed by atoms with Gasteiger partial charge in [0.25, 0.3) is 11.6 Å². The van der Waals surface area contributed by atoms with Gasteiger partial charge in [-0.2, -0.15) is 15.4 Å². The number of aromatic nitrogens is 3. The van der Waals surface area contributed by atoms with Crippen LogP contribution in [0.5, 0.6) is 5.75 Å². The Bertz CT molecular complexity index is 610. The molecule has 19 heavy (non-hydrogen) atoms. The highest BCUT2D eigenvalue weighted by atomic mass is 16.6. The lowest BCUT2D eigenvalue weighted by atomic mass is 10.2. The Balaban J connectivity index is 2.30. The summed E-state index contributed by atoms with van der Waals surface area (Å²) in [5.41, 5.74) is 0.0921. The molecule has 1 aromatic carbocycles. The molecule has 0 bridgehead atoms. The topological polar surface area (TPSA) is 123 Å². The van der Waals surface area contributed by atoms with Gasteiger partial charge in [-0.1, -0.05) is 0 Å². The van der Waals surface area contributed by atoms with Gasteiger partial charge >= 0.3 is 0 Å². The number of methoxy groups -OCH3 is 1. The van der Waals surface area contributed by atoms with Crippen molar-refractivity contribution in [1.29, 1.82) is 0 Å². The number of nitrogens with zero attached hydrogens (tertiary/aromatic N) is 3. The molecule has 9 heteroatoms. The highest BCUT2D eigenvalue weighted by Gasteiger charge is 2.15. The number of carbonyl (C=O) groups is 1. The number of nitrogens with one attached hydrogen (secondary N) is 2. The van der Waals surface area contributed by atoms with E-state index in [1.54, 1.807) is 0 Å². The molecule has 0 fully saturated rings. The molecule has 0 aliphatic carbocycles. The van der Waals surface area contributed by atoms with Crippen molar-refractivity contribution in [2.45, 2.75) is 0 Å². The molecular weight excluding hydrogens is 254 g/mol. The van der Waals surface area contributed by atoms with E-state index in [0.717, 1.165) is 0 Å². The summed E-state index contributed by atoms with van der Waals surface area (Å²) in [4.78, 5) is 21.9. The largest absolute Gasteiger partial charge is 0.495 e. The molecule has 2 aromatic rings. The number of ether oxygens (including phenoxy) is 1. The minimum Gasteiger partial charge on any atom is -0.495 e. The summed E-state index contributed by atoms with van der Waals surface area (Å²) in [6.45, 7) is 0. The maximum atomic E-state index is 11.8. The van der Waals surface area contributed by atoms with Crippen LogP contribution in [0.25, 0.3) is 0 Å². The Morgan fingerprint density at radius 3 is 2.89 bits per heavy atom. The van der Waals surface area contributed by atoms with Crippen molar-refractivity contribution in [3.05, 3.63) is 40.2 Å². The molecule has 0 aliphatic rings. The van der Waals surface area contributed by atoms with Crippen LogP contribution in [0, 0.1) is 10.1 Å². The van der Waals surface area contributed by atoms with Crippen molar-refractivity contribution in [3.63, 3.8) is 0 Å². The first-order chi connectivity index (χ1) is 9.11. The van der Waals surface area contributed by atoms with E-state index in [0.29, 0.717) is 5.75 Å². The molecule has 2 rings (SSSR count). The zero-order valence-electron chi connectivity index (χ0n) is 9.78. The first-order valence-corrected chi connectivity index (χ1v) is 5.11. The number of hydrogen-bond acceptors (Lipinski definition) is 6. The first kappa shape index (κ1) is 12.5. The number of hydrogen-bond donors (Lipinski definition) is 2. The van der Waals surface area contributed by atoms with Crippen LogP contribution in [0.2, 0.25) is 0 Å². The molecule has 0 spiro atoms. The standard InChI is InChI=1S/C10H9N5O4/c1-19-9-3-2-6(15(17)18)4-7(9)12-10(16)8-5-11-14-13-8/h2-5H,1H3,(H,12,16)(H,11,13,14). The van der Waals surface area contributed by atoms with Gasteiger partial charge in [0.2, 0.25) is 0 Å². The Kier molecular flexibility index (Phi) is 3.37. The molecular formula is C10H9N5O4. The summed E-state index contributed by atoms with van der Waals surface area (Å²) in [6, 6.07) is 3.89. The van der Waals surface area contributed by atoms with E-state index in [2.05, 4.69) is 20.7 Å². The average molecular weight is 263 g/mol. The van der Waals surface area contributed by atoms with E-state index in [-0.39, 0.29) is 17.1 Å². The minimum atomic E-state index is -0.564. The van der Waals surface area contributed by atoms with Gasteiger partial charge in [0.15, 0.2) is 5.69 Å². The van der Waals surface area contributed by atoms with Gasteiger partial charge in [0, 0.05) is 12.1 Å². The summed E-state index contributed by atoms with van der Waals surface area (Å²) < 4.78 is 5.02. The molecule has 1 amide bonds. The number of nitro benzene ring substituents is 1. The van der Waals surface area contributed by atoms with E-state index in [9.17, 15) is 14.9 Å². The number of rotatable bonds is 4. The number of H-pyrrole nitrogens is 1. The summed E-state index contributed by atoms with van der Waals surface area (Å²) in [5.74, 6) is -0.241. The van der Waals surface area contributed by atoms with Gasteiger partial charge in [-0.25, -0.2) is 0 Å². The monoisotopic (exact) mass is 263 g/mol. The summed E-state index contributed by atoms with van der Waals surface area (Å²) >= 11 is 0. The van der Waals surface area contributed by atoms with E-state index in [1.807, 2.05) is 0 Å². The lowest BCUT2D eigenvalue weighted by Gasteiger charge is -2.08. The third-order valence-electron chi connectivity index (χ3n) is 2.29. The Morgan fingerprint density at radius 1 is 1.53 bits per heavy atom. The molecule has 1 heterocycles. The molecule has 2 N–H and O–H groups in total. The number of anilines is 1. The number of aromatic amines is 1. The van der Waals surface area contributed by atoms with Crippen LogP contribution in [0.3, 0.4) is 0 Å². The number of carbonyl (C=O) groups excluding carboxylic acids is 1. The first-order valence-electron chi connectivity index (χ1n) is 5.11. The van der Waals surface area contributed by atoms with E-state index >= 15 is 0 Å². The van der Waals surface area contributed by atoms with Gasteiger partial charge in [-0.05, 0) is 6.07 Å². The van der Waals surface area contributed by atoms with Crippen LogP contribution < -0.4 is 10.1 Å². The zero-order chi connectivity index (χ0) is 13.8. The number of nitro groups is 1. The van der Waals surface area contributed by atoms with Gasteiger partial charge in [0.1, 0.15) is 5.75 Å². The molecule has 0 aliphatic heterocycles.